The maximum absolute atomic E-state index is 11.1. The van der Waals surface area contributed by atoms with Crippen LogP contribution >= 0.6 is 12.6 Å². The second-order valence-electron chi connectivity index (χ2n) is 4.44. The molecule has 0 radical (unpaired) electrons. The van der Waals surface area contributed by atoms with Crippen molar-refractivity contribution in [3.8, 4) is 0 Å². The molecule has 0 fully saturated rings. The first-order valence-electron chi connectivity index (χ1n) is 6.51. The lowest BCUT2D eigenvalue weighted by Gasteiger charge is -2.10. The summed E-state index contributed by atoms with van der Waals surface area (Å²) in [6.45, 7) is 10.5. The number of thiol groups is 1. The first-order chi connectivity index (χ1) is 8.54. The van der Waals surface area contributed by atoms with Crippen LogP contribution in [0.1, 0.15) is 20.8 Å². The predicted octanol–water partition coefficient (Wildman–Crippen LogP) is 0.0251. The van der Waals surface area contributed by atoms with E-state index in [2.05, 4.69) is 42.4 Å². The van der Waals surface area contributed by atoms with Gasteiger partial charge in [-0.2, -0.15) is 12.6 Å². The fourth-order valence-electron chi connectivity index (χ4n) is 1.21. The van der Waals surface area contributed by atoms with E-state index in [9.17, 15) is 4.79 Å². The molecular formula is C12H27N3O2S. The van der Waals surface area contributed by atoms with Crippen molar-refractivity contribution in [2.45, 2.75) is 32.1 Å². The molecule has 108 valence electrons. The predicted molar refractivity (Wildman–Crippen MR) is 78.3 cm³/mol. The van der Waals surface area contributed by atoms with Crippen LogP contribution in [0.2, 0.25) is 0 Å². The first-order valence-corrected chi connectivity index (χ1v) is 7.03. The summed E-state index contributed by atoms with van der Waals surface area (Å²) in [4.78, 5) is 11.1. The molecule has 0 rings (SSSR count). The van der Waals surface area contributed by atoms with Crippen LogP contribution in [-0.2, 0) is 9.53 Å². The molecule has 3 N–H and O–H groups in total. The monoisotopic (exact) mass is 277 g/mol. The van der Waals surface area contributed by atoms with Gasteiger partial charge in [0, 0.05) is 32.2 Å². The third kappa shape index (κ3) is 12.2. The fourth-order valence-corrected chi connectivity index (χ4v) is 1.31. The topological polar surface area (TPSA) is 62.4 Å². The molecule has 0 aliphatic heterocycles. The molecule has 0 spiro atoms. The van der Waals surface area contributed by atoms with Gasteiger partial charge in [0.05, 0.1) is 18.5 Å². The van der Waals surface area contributed by atoms with Crippen LogP contribution < -0.4 is 16.0 Å². The minimum Gasteiger partial charge on any atom is -0.378 e. The summed E-state index contributed by atoms with van der Waals surface area (Å²) in [7, 11) is 0. The third-order valence-electron chi connectivity index (χ3n) is 2.20. The van der Waals surface area contributed by atoms with Gasteiger partial charge in [0.25, 0.3) is 0 Å². The zero-order valence-electron chi connectivity index (χ0n) is 11.7. The lowest BCUT2D eigenvalue weighted by Crippen LogP contribution is -2.34. The van der Waals surface area contributed by atoms with E-state index in [-0.39, 0.29) is 11.2 Å². The van der Waals surface area contributed by atoms with E-state index in [1.165, 1.54) is 0 Å². The Morgan fingerprint density at radius 1 is 1.11 bits per heavy atom. The molecule has 1 amide bonds. The van der Waals surface area contributed by atoms with E-state index in [0.29, 0.717) is 25.8 Å². The van der Waals surface area contributed by atoms with E-state index >= 15 is 0 Å². The number of carbonyl (C=O) groups is 1. The number of hydrogen-bond acceptors (Lipinski definition) is 5. The Labute approximate surface area is 116 Å². The maximum Gasteiger partial charge on any atom is 0.232 e. The van der Waals surface area contributed by atoms with Crippen molar-refractivity contribution in [1.29, 1.82) is 0 Å². The van der Waals surface area contributed by atoms with Crippen molar-refractivity contribution in [2.24, 2.45) is 0 Å². The number of nitrogens with one attached hydrogen (secondary N) is 3. The van der Waals surface area contributed by atoms with Gasteiger partial charge < -0.3 is 20.7 Å². The molecule has 0 saturated heterocycles. The highest BCUT2D eigenvalue weighted by molar-refractivity contribution is 7.81. The number of rotatable bonds is 11. The third-order valence-corrected chi connectivity index (χ3v) is 2.44. The SMILES string of the molecule is CC(C)NCCNCCOCCNC(=O)C(C)S. The molecule has 0 aromatic heterocycles. The van der Waals surface area contributed by atoms with Gasteiger partial charge in [0.2, 0.25) is 5.91 Å². The number of carbonyl (C=O) groups excluding carboxylic acids is 1. The summed E-state index contributed by atoms with van der Waals surface area (Å²) in [5, 5.41) is 9.06. The van der Waals surface area contributed by atoms with Crippen LogP contribution in [-0.4, -0.2) is 56.6 Å². The van der Waals surface area contributed by atoms with E-state index in [4.69, 9.17) is 4.74 Å². The van der Waals surface area contributed by atoms with Gasteiger partial charge in [0.1, 0.15) is 0 Å². The summed E-state index contributed by atoms with van der Waals surface area (Å²) in [5.74, 6) is -0.0557. The zero-order valence-corrected chi connectivity index (χ0v) is 12.6. The van der Waals surface area contributed by atoms with Crippen molar-refractivity contribution < 1.29 is 9.53 Å². The molecular weight excluding hydrogens is 250 g/mol. The van der Waals surface area contributed by atoms with Gasteiger partial charge in [0.15, 0.2) is 0 Å². The Balaban J connectivity index is 3.10. The Kier molecular flexibility index (Phi) is 11.6. The van der Waals surface area contributed by atoms with Crippen LogP contribution in [0.15, 0.2) is 0 Å². The number of amides is 1. The smallest absolute Gasteiger partial charge is 0.232 e. The van der Waals surface area contributed by atoms with Gasteiger partial charge in [-0.1, -0.05) is 13.8 Å². The van der Waals surface area contributed by atoms with Crippen LogP contribution in [0.25, 0.3) is 0 Å². The van der Waals surface area contributed by atoms with Crippen molar-refractivity contribution >= 4 is 18.5 Å². The Morgan fingerprint density at radius 2 is 1.78 bits per heavy atom. The standard InChI is InChI=1S/C12H27N3O2S/c1-10(2)14-5-4-13-6-8-17-9-7-15-12(16)11(3)18/h10-11,13-14,18H,4-9H2,1-3H3,(H,15,16). The Morgan fingerprint density at radius 3 is 2.39 bits per heavy atom. The van der Waals surface area contributed by atoms with Gasteiger partial charge >= 0.3 is 0 Å². The molecule has 1 atom stereocenters. The zero-order chi connectivity index (χ0) is 13.8. The van der Waals surface area contributed by atoms with Gasteiger partial charge in [-0.25, -0.2) is 0 Å². The first kappa shape index (κ1) is 17.7. The normalized spacial score (nSPS) is 12.7. The van der Waals surface area contributed by atoms with E-state index in [0.717, 1.165) is 19.6 Å². The summed E-state index contributed by atoms with van der Waals surface area (Å²) in [6, 6.07) is 0.529. The molecule has 6 heteroatoms. The second kappa shape index (κ2) is 11.8. The molecule has 0 saturated carbocycles. The Hall–Kier alpha value is -0.300. The largest absolute Gasteiger partial charge is 0.378 e. The van der Waals surface area contributed by atoms with E-state index in [1.807, 2.05) is 0 Å². The van der Waals surface area contributed by atoms with Crippen LogP contribution in [0, 0.1) is 0 Å². The lowest BCUT2D eigenvalue weighted by molar-refractivity contribution is -0.120. The summed E-state index contributed by atoms with van der Waals surface area (Å²) >= 11 is 4.03. The molecule has 0 bridgehead atoms. The molecule has 0 aliphatic carbocycles. The highest BCUT2D eigenvalue weighted by atomic mass is 32.1. The van der Waals surface area contributed by atoms with Crippen molar-refractivity contribution in [2.75, 3.05) is 39.4 Å². The highest BCUT2D eigenvalue weighted by Gasteiger charge is 2.05. The molecule has 18 heavy (non-hydrogen) atoms. The highest BCUT2D eigenvalue weighted by Crippen LogP contribution is 1.90. The number of hydrogen-bond donors (Lipinski definition) is 4. The van der Waals surface area contributed by atoms with Gasteiger partial charge in [-0.3, -0.25) is 4.79 Å². The fraction of sp³-hybridized carbons (Fsp3) is 0.917. The van der Waals surface area contributed by atoms with Crippen molar-refractivity contribution in [3.63, 3.8) is 0 Å². The molecule has 1 unspecified atom stereocenters. The van der Waals surface area contributed by atoms with E-state index < -0.39 is 0 Å². The summed E-state index contributed by atoms with van der Waals surface area (Å²) in [6.07, 6.45) is 0. The average Bonchev–Trinajstić information content (AvgIpc) is 2.30. The van der Waals surface area contributed by atoms with Crippen molar-refractivity contribution in [3.05, 3.63) is 0 Å². The second-order valence-corrected chi connectivity index (χ2v) is 5.21. The minimum absolute atomic E-state index is 0.0557. The van der Waals surface area contributed by atoms with Crippen LogP contribution in [0.3, 0.4) is 0 Å². The van der Waals surface area contributed by atoms with Crippen molar-refractivity contribution in [1.82, 2.24) is 16.0 Å². The van der Waals surface area contributed by atoms with Crippen LogP contribution in [0.4, 0.5) is 0 Å². The van der Waals surface area contributed by atoms with E-state index in [1.54, 1.807) is 6.92 Å². The van der Waals surface area contributed by atoms with Crippen LogP contribution in [0.5, 0.6) is 0 Å². The quantitative estimate of drug-likeness (QED) is 0.318. The molecule has 0 aromatic carbocycles. The lowest BCUT2D eigenvalue weighted by atomic mass is 10.4. The average molecular weight is 277 g/mol. The van der Waals surface area contributed by atoms with Gasteiger partial charge in [-0.05, 0) is 6.92 Å². The molecule has 5 nitrogen and oxygen atoms in total. The van der Waals surface area contributed by atoms with Gasteiger partial charge in [-0.15, -0.1) is 0 Å². The molecule has 0 heterocycles. The minimum atomic E-state index is -0.264. The molecule has 0 aliphatic rings. The maximum atomic E-state index is 11.1. The molecule has 0 aromatic rings. The summed E-state index contributed by atoms with van der Waals surface area (Å²) in [5.41, 5.74) is 0. The number of ether oxygens (including phenoxy) is 1. The Bertz CT molecular complexity index is 213. The summed E-state index contributed by atoms with van der Waals surface area (Å²) < 4.78 is 5.37.